The molecular weight excluding hydrogens is 432 g/mol. The third kappa shape index (κ3) is 6.76. The van der Waals surface area contributed by atoms with E-state index in [1.165, 1.54) is 79.6 Å². The van der Waals surface area contributed by atoms with Gasteiger partial charge in [0, 0.05) is 11.4 Å². The lowest BCUT2D eigenvalue weighted by Crippen LogP contribution is -2.09. The SMILES string of the molecule is CCCCCCCCCCCn1c(C(Sc2ccccc2)c2ccccc2)nc2ccccc21. The van der Waals surface area contributed by atoms with Crippen molar-refractivity contribution in [3.8, 4) is 0 Å². The lowest BCUT2D eigenvalue weighted by Gasteiger charge is -2.19. The van der Waals surface area contributed by atoms with Gasteiger partial charge in [0.05, 0.1) is 16.3 Å². The van der Waals surface area contributed by atoms with Gasteiger partial charge >= 0.3 is 0 Å². The molecule has 0 radical (unpaired) electrons. The van der Waals surface area contributed by atoms with Gasteiger partial charge in [0.1, 0.15) is 5.82 Å². The first-order valence-corrected chi connectivity index (χ1v) is 14.0. The first-order chi connectivity index (χ1) is 16.9. The molecule has 0 saturated heterocycles. The monoisotopic (exact) mass is 470 g/mol. The Morgan fingerprint density at radius 1 is 0.676 bits per heavy atom. The highest BCUT2D eigenvalue weighted by molar-refractivity contribution is 7.99. The van der Waals surface area contributed by atoms with E-state index in [4.69, 9.17) is 4.98 Å². The lowest BCUT2D eigenvalue weighted by molar-refractivity contribution is 0.537. The van der Waals surface area contributed by atoms with Crippen LogP contribution in [-0.4, -0.2) is 9.55 Å². The maximum absolute atomic E-state index is 5.18. The van der Waals surface area contributed by atoms with Gasteiger partial charge in [-0.3, -0.25) is 0 Å². The van der Waals surface area contributed by atoms with Gasteiger partial charge in [-0.05, 0) is 36.2 Å². The van der Waals surface area contributed by atoms with Crippen molar-refractivity contribution in [3.05, 3.63) is 96.3 Å². The topological polar surface area (TPSA) is 17.8 Å². The first-order valence-electron chi connectivity index (χ1n) is 13.1. The molecule has 4 rings (SSSR count). The van der Waals surface area contributed by atoms with E-state index in [2.05, 4.69) is 96.4 Å². The Hall–Kier alpha value is -2.52. The largest absolute Gasteiger partial charge is 0.327 e. The molecule has 2 nitrogen and oxygen atoms in total. The molecular formula is C31H38N2S. The quantitative estimate of drug-likeness (QED) is 0.135. The average Bonchev–Trinajstić information content (AvgIpc) is 3.25. The predicted molar refractivity (Wildman–Crippen MR) is 148 cm³/mol. The van der Waals surface area contributed by atoms with Crippen molar-refractivity contribution >= 4 is 22.8 Å². The van der Waals surface area contributed by atoms with Gasteiger partial charge < -0.3 is 4.57 Å². The van der Waals surface area contributed by atoms with Crippen molar-refractivity contribution in [2.45, 2.75) is 81.4 Å². The summed E-state index contributed by atoms with van der Waals surface area (Å²) in [5.41, 5.74) is 3.66. The zero-order chi connectivity index (χ0) is 23.4. The minimum atomic E-state index is 0.162. The highest BCUT2D eigenvalue weighted by Crippen LogP contribution is 2.41. The van der Waals surface area contributed by atoms with Crippen LogP contribution in [0.4, 0.5) is 0 Å². The van der Waals surface area contributed by atoms with Crippen LogP contribution in [0.1, 0.15) is 81.3 Å². The van der Waals surface area contributed by atoms with Gasteiger partial charge in [-0.15, -0.1) is 11.8 Å². The standard InChI is InChI=1S/C31H38N2S/c1-2-3-4-5-6-7-8-9-18-25-33-29-24-17-16-23-28(29)32-31(33)30(26-19-12-10-13-20-26)34-27-21-14-11-15-22-27/h10-17,19-24,30H,2-9,18,25H2,1H3. The Labute approximate surface area is 209 Å². The number of benzene rings is 3. The molecule has 34 heavy (non-hydrogen) atoms. The Bertz CT molecular complexity index is 1100. The van der Waals surface area contributed by atoms with Crippen LogP contribution < -0.4 is 0 Å². The fourth-order valence-corrected chi connectivity index (χ4v) is 5.81. The smallest absolute Gasteiger partial charge is 0.127 e. The zero-order valence-corrected chi connectivity index (χ0v) is 21.4. The van der Waals surface area contributed by atoms with Crippen LogP contribution in [0.25, 0.3) is 11.0 Å². The van der Waals surface area contributed by atoms with Gasteiger partial charge in [-0.2, -0.15) is 0 Å². The molecule has 0 aliphatic rings. The van der Waals surface area contributed by atoms with Gasteiger partial charge in [0.15, 0.2) is 0 Å². The number of aryl methyl sites for hydroxylation is 1. The zero-order valence-electron chi connectivity index (χ0n) is 20.5. The van der Waals surface area contributed by atoms with Crippen LogP contribution in [0.5, 0.6) is 0 Å². The van der Waals surface area contributed by atoms with Crippen molar-refractivity contribution < 1.29 is 0 Å². The van der Waals surface area contributed by atoms with Crippen molar-refractivity contribution in [2.75, 3.05) is 0 Å². The van der Waals surface area contributed by atoms with Crippen LogP contribution >= 0.6 is 11.8 Å². The minimum Gasteiger partial charge on any atom is -0.327 e. The maximum Gasteiger partial charge on any atom is 0.127 e. The highest BCUT2D eigenvalue weighted by Gasteiger charge is 2.23. The molecule has 0 N–H and O–H groups in total. The molecule has 0 bridgehead atoms. The van der Waals surface area contributed by atoms with E-state index < -0.39 is 0 Å². The molecule has 1 unspecified atom stereocenters. The third-order valence-corrected chi connectivity index (χ3v) is 7.77. The normalized spacial score (nSPS) is 12.3. The lowest BCUT2D eigenvalue weighted by atomic mass is 10.1. The molecule has 3 heteroatoms. The summed E-state index contributed by atoms with van der Waals surface area (Å²) in [5, 5.41) is 0.162. The molecule has 1 heterocycles. The molecule has 0 amide bonds. The molecule has 0 fully saturated rings. The van der Waals surface area contributed by atoms with Gasteiger partial charge in [-0.1, -0.05) is 119 Å². The number of para-hydroxylation sites is 2. The molecule has 1 atom stereocenters. The van der Waals surface area contributed by atoms with E-state index in [1.54, 1.807) is 0 Å². The van der Waals surface area contributed by atoms with Crippen LogP contribution in [0.15, 0.2) is 89.8 Å². The summed E-state index contributed by atoms with van der Waals surface area (Å²) in [4.78, 5) is 6.46. The molecule has 0 spiro atoms. The number of hydrogen-bond donors (Lipinski definition) is 0. The van der Waals surface area contributed by atoms with E-state index in [9.17, 15) is 0 Å². The van der Waals surface area contributed by atoms with Crippen molar-refractivity contribution in [3.63, 3.8) is 0 Å². The van der Waals surface area contributed by atoms with Gasteiger partial charge in [0.2, 0.25) is 0 Å². The Kier molecular flexibility index (Phi) is 9.69. The number of aromatic nitrogens is 2. The predicted octanol–water partition coefficient (Wildman–Crippen LogP) is 9.45. The summed E-state index contributed by atoms with van der Waals surface area (Å²) in [6, 6.07) is 30.2. The number of imidazole rings is 1. The summed E-state index contributed by atoms with van der Waals surface area (Å²) in [6.45, 7) is 3.32. The Morgan fingerprint density at radius 2 is 1.26 bits per heavy atom. The number of thioether (sulfide) groups is 1. The molecule has 0 aliphatic carbocycles. The van der Waals surface area contributed by atoms with Crippen molar-refractivity contribution in [1.82, 2.24) is 9.55 Å². The molecule has 4 aromatic rings. The summed E-state index contributed by atoms with van der Waals surface area (Å²) in [6.07, 6.45) is 12.1. The second kappa shape index (κ2) is 13.4. The Morgan fingerprint density at radius 3 is 1.97 bits per heavy atom. The highest BCUT2D eigenvalue weighted by atomic mass is 32.2. The molecule has 0 saturated carbocycles. The average molecular weight is 471 g/mol. The van der Waals surface area contributed by atoms with Crippen LogP contribution in [0, 0.1) is 0 Å². The second-order valence-electron chi connectivity index (χ2n) is 9.16. The van der Waals surface area contributed by atoms with E-state index in [0.29, 0.717) is 0 Å². The van der Waals surface area contributed by atoms with E-state index >= 15 is 0 Å². The van der Waals surface area contributed by atoms with Crippen LogP contribution in [0.3, 0.4) is 0 Å². The van der Waals surface area contributed by atoms with Crippen LogP contribution in [-0.2, 0) is 6.54 Å². The number of hydrogen-bond acceptors (Lipinski definition) is 2. The number of fused-ring (bicyclic) bond motifs is 1. The van der Waals surface area contributed by atoms with Crippen molar-refractivity contribution in [2.24, 2.45) is 0 Å². The minimum absolute atomic E-state index is 0.162. The summed E-state index contributed by atoms with van der Waals surface area (Å²) >= 11 is 1.90. The van der Waals surface area contributed by atoms with E-state index in [0.717, 1.165) is 12.1 Å². The fourth-order valence-electron chi connectivity index (χ4n) is 4.64. The fraction of sp³-hybridized carbons (Fsp3) is 0.387. The molecule has 3 aromatic carbocycles. The summed E-state index contributed by atoms with van der Waals surface area (Å²) in [5.74, 6) is 1.17. The van der Waals surface area contributed by atoms with Gasteiger partial charge in [-0.25, -0.2) is 4.98 Å². The van der Waals surface area contributed by atoms with Gasteiger partial charge in [0.25, 0.3) is 0 Å². The van der Waals surface area contributed by atoms with E-state index in [-0.39, 0.29) is 5.25 Å². The van der Waals surface area contributed by atoms with Crippen LogP contribution in [0.2, 0.25) is 0 Å². The second-order valence-corrected chi connectivity index (χ2v) is 10.3. The summed E-state index contributed by atoms with van der Waals surface area (Å²) in [7, 11) is 0. The number of nitrogens with zero attached hydrogens (tertiary/aromatic N) is 2. The summed E-state index contributed by atoms with van der Waals surface area (Å²) < 4.78 is 2.49. The number of rotatable bonds is 14. The molecule has 1 aromatic heterocycles. The Balaban J connectivity index is 1.51. The maximum atomic E-state index is 5.18. The van der Waals surface area contributed by atoms with E-state index in [1.807, 2.05) is 11.8 Å². The molecule has 0 aliphatic heterocycles. The van der Waals surface area contributed by atoms with Crippen molar-refractivity contribution in [1.29, 1.82) is 0 Å². The third-order valence-electron chi connectivity index (χ3n) is 6.50. The first kappa shape index (κ1) is 24.6. The molecule has 178 valence electrons. The number of unbranched alkanes of at least 4 members (excludes halogenated alkanes) is 8.